The first-order valence-electron chi connectivity index (χ1n) is 5.00. The van der Waals surface area contributed by atoms with Crippen molar-refractivity contribution in [3.05, 3.63) is 0 Å². The Labute approximate surface area is 99.0 Å². The maximum Gasteiger partial charge on any atom is 0.500 e. The van der Waals surface area contributed by atoms with E-state index in [0.717, 1.165) is 18.5 Å². The molecule has 0 unspecified atom stereocenters. The number of nitrogens with one attached hydrogen (secondary N) is 1. The number of hydrogen-bond donors (Lipinski definition) is 1. The van der Waals surface area contributed by atoms with Gasteiger partial charge in [-0.15, -0.1) is 0 Å². The third-order valence-corrected chi connectivity index (χ3v) is 4.84. The Morgan fingerprint density at radius 2 is 1.44 bits per heavy atom. The van der Waals surface area contributed by atoms with Crippen molar-refractivity contribution in [2.24, 2.45) is 5.41 Å². The van der Waals surface area contributed by atoms with Gasteiger partial charge in [0, 0.05) is 27.4 Å². The summed E-state index contributed by atoms with van der Waals surface area (Å²) in [5.41, 5.74) is 0.299. The van der Waals surface area contributed by atoms with E-state index in [4.69, 9.17) is 23.5 Å². The molecular weight excluding hydrogens is 226 g/mol. The largest absolute Gasteiger partial charge is 0.500 e. The fourth-order valence-corrected chi connectivity index (χ4v) is 3.25. The molecular formula is C10H23NO4Si. The Balaban J connectivity index is 0. The molecule has 0 saturated carbocycles. The fraction of sp³-hybridized carbons (Fsp3) is 0.900. The van der Waals surface area contributed by atoms with E-state index in [2.05, 4.69) is 20.8 Å². The Hall–Kier alpha value is -0.523. The van der Waals surface area contributed by atoms with Crippen molar-refractivity contribution in [2.45, 2.75) is 33.2 Å². The van der Waals surface area contributed by atoms with Gasteiger partial charge in [0.05, 0.1) is 0 Å². The van der Waals surface area contributed by atoms with E-state index >= 15 is 0 Å². The second-order valence-corrected chi connectivity index (χ2v) is 7.55. The molecule has 0 aromatic carbocycles. The predicted molar refractivity (Wildman–Crippen MR) is 64.1 cm³/mol. The predicted octanol–water partition coefficient (Wildman–Crippen LogP) is 2.20. The van der Waals surface area contributed by atoms with E-state index < -0.39 is 8.80 Å². The summed E-state index contributed by atoms with van der Waals surface area (Å²) in [5, 5.41) is 5.40. The lowest BCUT2D eigenvalue weighted by Gasteiger charge is -2.27. The maximum atomic E-state index is 8.35. The quantitative estimate of drug-likeness (QED) is 0.461. The number of hydrogen-bond acceptors (Lipinski definition) is 5. The molecule has 0 rings (SSSR count). The molecule has 1 N–H and O–H groups in total. The molecule has 0 aliphatic heterocycles. The molecule has 0 saturated heterocycles. The molecule has 16 heavy (non-hydrogen) atoms. The maximum absolute atomic E-state index is 8.35. The molecule has 0 radical (unpaired) electrons. The average Bonchev–Trinajstić information content (AvgIpc) is 2.21. The topological polar surface area (TPSA) is 68.6 Å². The van der Waals surface area contributed by atoms with Gasteiger partial charge in [0.2, 0.25) is 6.08 Å². The first-order valence-corrected chi connectivity index (χ1v) is 6.93. The van der Waals surface area contributed by atoms with Gasteiger partial charge in [0.15, 0.2) is 0 Å². The van der Waals surface area contributed by atoms with Gasteiger partial charge < -0.3 is 13.3 Å². The van der Waals surface area contributed by atoms with Crippen molar-refractivity contribution in [3.8, 4) is 0 Å². The first-order chi connectivity index (χ1) is 7.30. The van der Waals surface area contributed by atoms with Crippen LogP contribution in [0, 0.1) is 10.8 Å². The van der Waals surface area contributed by atoms with E-state index in [-0.39, 0.29) is 0 Å². The van der Waals surface area contributed by atoms with Crippen LogP contribution in [0.4, 0.5) is 0 Å². The average molecular weight is 249 g/mol. The van der Waals surface area contributed by atoms with Crippen LogP contribution in [-0.4, -0.2) is 36.2 Å². The van der Waals surface area contributed by atoms with Crippen LogP contribution in [0.25, 0.3) is 0 Å². The molecule has 0 heterocycles. The molecule has 0 aromatic rings. The Bertz CT molecular complexity index is 197. The minimum atomic E-state index is -2.33. The van der Waals surface area contributed by atoms with E-state index in [1.165, 1.54) is 0 Å². The van der Waals surface area contributed by atoms with Crippen molar-refractivity contribution >= 4 is 14.9 Å². The summed E-state index contributed by atoms with van der Waals surface area (Å²) >= 11 is 0. The fourth-order valence-electron chi connectivity index (χ4n) is 1.08. The molecule has 96 valence electrons. The zero-order valence-electron chi connectivity index (χ0n) is 11.0. The van der Waals surface area contributed by atoms with Crippen LogP contribution < -0.4 is 0 Å². The van der Waals surface area contributed by atoms with Crippen LogP contribution in [0.5, 0.6) is 0 Å². The molecule has 5 nitrogen and oxygen atoms in total. The molecule has 0 aliphatic carbocycles. The van der Waals surface area contributed by atoms with Crippen molar-refractivity contribution in [3.63, 3.8) is 0 Å². The first kappa shape index (κ1) is 17.9. The van der Waals surface area contributed by atoms with Crippen LogP contribution in [0.3, 0.4) is 0 Å². The molecule has 0 aromatic heterocycles. The van der Waals surface area contributed by atoms with E-state index in [9.17, 15) is 0 Å². The molecule has 0 spiro atoms. The third-order valence-electron chi connectivity index (χ3n) is 2.11. The van der Waals surface area contributed by atoms with Gasteiger partial charge in [-0.25, -0.2) is 10.2 Å². The Morgan fingerprint density at radius 3 is 1.62 bits per heavy atom. The van der Waals surface area contributed by atoms with Crippen molar-refractivity contribution in [1.82, 2.24) is 0 Å². The van der Waals surface area contributed by atoms with Gasteiger partial charge in [-0.1, -0.05) is 20.8 Å². The zero-order valence-corrected chi connectivity index (χ0v) is 12.0. The zero-order chi connectivity index (χ0) is 13.2. The molecule has 0 fully saturated rings. The second-order valence-electron chi connectivity index (χ2n) is 4.46. The summed E-state index contributed by atoms with van der Waals surface area (Å²) in [5.74, 6) is 0. The standard InChI is InChI=1S/C9H22O3Si.CHNO/c1-9(2,3)7-8-13(10-4,11-5)12-6;2-1-3/h7-8H2,1-6H3;2H. The van der Waals surface area contributed by atoms with Crippen molar-refractivity contribution in [2.75, 3.05) is 21.3 Å². The summed E-state index contributed by atoms with van der Waals surface area (Å²) in [7, 11) is 2.64. The number of carbonyl (C=O) groups excluding carboxylic acids is 1. The molecule has 0 aliphatic rings. The highest BCUT2D eigenvalue weighted by molar-refractivity contribution is 6.60. The lowest BCUT2D eigenvalue weighted by Crippen LogP contribution is -2.43. The summed E-state index contributed by atoms with van der Waals surface area (Å²) in [4.78, 5) is 8.35. The lowest BCUT2D eigenvalue weighted by molar-refractivity contribution is 0.119. The summed E-state index contributed by atoms with van der Waals surface area (Å²) < 4.78 is 16.0. The van der Waals surface area contributed by atoms with Gasteiger partial charge >= 0.3 is 8.80 Å². The van der Waals surface area contributed by atoms with E-state index in [1.807, 2.05) is 0 Å². The normalized spacial score (nSPS) is 11.4. The summed E-state index contributed by atoms with van der Waals surface area (Å²) in [6.07, 6.45) is 1.80. The van der Waals surface area contributed by atoms with Crippen LogP contribution in [0.15, 0.2) is 0 Å². The molecule has 0 bridgehead atoms. The highest BCUT2D eigenvalue weighted by Crippen LogP contribution is 2.26. The molecule has 0 atom stereocenters. The lowest BCUT2D eigenvalue weighted by atomic mass is 9.94. The van der Waals surface area contributed by atoms with Crippen LogP contribution in [0.2, 0.25) is 6.04 Å². The van der Waals surface area contributed by atoms with Gasteiger partial charge in [-0.3, -0.25) is 0 Å². The summed E-state index contributed by atoms with van der Waals surface area (Å²) in [6, 6.07) is 0.875. The van der Waals surface area contributed by atoms with Gasteiger partial charge in [-0.05, 0) is 11.8 Å². The second kappa shape index (κ2) is 8.61. The van der Waals surface area contributed by atoms with Gasteiger partial charge in [0.25, 0.3) is 0 Å². The Kier molecular flexibility index (Phi) is 9.61. The van der Waals surface area contributed by atoms with Crippen molar-refractivity contribution < 1.29 is 18.1 Å². The summed E-state index contributed by atoms with van der Waals surface area (Å²) in [6.45, 7) is 6.60. The Morgan fingerprint density at radius 1 is 1.12 bits per heavy atom. The smallest absolute Gasteiger partial charge is 0.377 e. The SMILES string of the molecule is CO[Si](CCC(C)(C)C)(OC)OC.N=C=O. The molecule has 0 amide bonds. The number of isocyanates is 1. The van der Waals surface area contributed by atoms with Crippen molar-refractivity contribution in [1.29, 1.82) is 5.41 Å². The van der Waals surface area contributed by atoms with E-state index in [0.29, 0.717) is 5.41 Å². The highest BCUT2D eigenvalue weighted by atomic mass is 28.4. The van der Waals surface area contributed by atoms with Crippen LogP contribution >= 0.6 is 0 Å². The third kappa shape index (κ3) is 8.76. The minimum Gasteiger partial charge on any atom is -0.377 e. The van der Waals surface area contributed by atoms with Gasteiger partial charge in [0.1, 0.15) is 0 Å². The molecule has 6 heteroatoms. The van der Waals surface area contributed by atoms with Crippen LogP contribution in [-0.2, 0) is 18.1 Å². The number of rotatable bonds is 5. The highest BCUT2D eigenvalue weighted by Gasteiger charge is 2.38. The van der Waals surface area contributed by atoms with Crippen LogP contribution in [0.1, 0.15) is 27.2 Å². The van der Waals surface area contributed by atoms with E-state index in [1.54, 1.807) is 21.3 Å². The monoisotopic (exact) mass is 249 g/mol. The minimum absolute atomic E-state index is 0.299. The van der Waals surface area contributed by atoms with Gasteiger partial charge in [-0.2, -0.15) is 0 Å².